The quantitative estimate of drug-likeness (QED) is 0.735. The number of hydrogen-bond donors (Lipinski definition) is 0. The molecule has 0 bridgehead atoms. The fourth-order valence-electron chi connectivity index (χ4n) is 1.09. The molecule has 0 aliphatic heterocycles. The minimum Gasteiger partial charge on any atom is -0.315 e. The SMILES string of the molecule is CN(C(=O)CCCl)c1ccc(F)c(F)c1. The highest BCUT2D eigenvalue weighted by molar-refractivity contribution is 6.19. The standard InChI is InChI=1S/C10H10ClF2NO/c1-14(10(15)4-5-11)7-2-3-8(12)9(13)6-7/h2-3,6H,4-5H2,1H3. The van der Waals surface area contributed by atoms with Crippen LogP contribution in [0.1, 0.15) is 6.42 Å². The molecule has 5 heteroatoms. The molecular weight excluding hydrogens is 224 g/mol. The normalized spacial score (nSPS) is 10.1. The number of nitrogens with zero attached hydrogens (tertiary/aromatic N) is 1. The smallest absolute Gasteiger partial charge is 0.227 e. The average molecular weight is 234 g/mol. The molecule has 0 atom stereocenters. The largest absolute Gasteiger partial charge is 0.315 e. The van der Waals surface area contributed by atoms with Crippen LogP contribution in [-0.4, -0.2) is 18.8 Å². The molecule has 82 valence electrons. The van der Waals surface area contributed by atoms with E-state index in [9.17, 15) is 13.6 Å². The second-order valence-corrected chi connectivity index (χ2v) is 3.37. The zero-order valence-corrected chi connectivity index (χ0v) is 8.89. The van der Waals surface area contributed by atoms with Crippen LogP contribution < -0.4 is 4.90 Å². The second-order valence-electron chi connectivity index (χ2n) is 2.99. The summed E-state index contributed by atoms with van der Waals surface area (Å²) in [5.41, 5.74) is 0.309. The highest BCUT2D eigenvalue weighted by atomic mass is 35.5. The van der Waals surface area contributed by atoms with E-state index in [1.54, 1.807) is 0 Å². The predicted octanol–water partition coefficient (Wildman–Crippen LogP) is 2.56. The Hall–Kier alpha value is -1.16. The summed E-state index contributed by atoms with van der Waals surface area (Å²) in [4.78, 5) is 12.6. The lowest BCUT2D eigenvalue weighted by molar-refractivity contribution is -0.117. The average Bonchev–Trinajstić information content (AvgIpc) is 2.21. The van der Waals surface area contributed by atoms with E-state index in [0.717, 1.165) is 12.1 Å². The molecule has 0 fully saturated rings. The van der Waals surface area contributed by atoms with Crippen molar-refractivity contribution >= 4 is 23.2 Å². The van der Waals surface area contributed by atoms with Gasteiger partial charge in [0.2, 0.25) is 5.91 Å². The lowest BCUT2D eigenvalue weighted by Crippen LogP contribution is -2.26. The van der Waals surface area contributed by atoms with E-state index in [-0.39, 0.29) is 18.2 Å². The minimum absolute atomic E-state index is 0.164. The number of alkyl halides is 1. The topological polar surface area (TPSA) is 20.3 Å². The molecule has 1 rings (SSSR count). The zero-order valence-electron chi connectivity index (χ0n) is 8.14. The molecule has 15 heavy (non-hydrogen) atoms. The lowest BCUT2D eigenvalue weighted by Gasteiger charge is -2.16. The summed E-state index contributed by atoms with van der Waals surface area (Å²) < 4.78 is 25.5. The van der Waals surface area contributed by atoms with Crippen LogP contribution in [0.25, 0.3) is 0 Å². The minimum atomic E-state index is -0.974. The van der Waals surface area contributed by atoms with Crippen molar-refractivity contribution in [2.24, 2.45) is 0 Å². The Bertz CT molecular complexity index is 370. The summed E-state index contributed by atoms with van der Waals surface area (Å²) in [6, 6.07) is 3.29. The summed E-state index contributed by atoms with van der Waals surface area (Å²) in [6.07, 6.45) is 0.164. The van der Waals surface area contributed by atoms with Crippen LogP contribution >= 0.6 is 11.6 Å². The first-order valence-electron chi connectivity index (χ1n) is 4.34. The maximum absolute atomic E-state index is 12.8. The van der Waals surface area contributed by atoms with Gasteiger partial charge >= 0.3 is 0 Å². The Morgan fingerprint density at radius 3 is 2.60 bits per heavy atom. The first kappa shape index (κ1) is 11.9. The number of carbonyl (C=O) groups excluding carboxylic acids is 1. The number of amides is 1. The van der Waals surface area contributed by atoms with Crippen LogP contribution in [-0.2, 0) is 4.79 Å². The van der Waals surface area contributed by atoms with Crippen LogP contribution in [0.15, 0.2) is 18.2 Å². The van der Waals surface area contributed by atoms with Gasteiger partial charge in [0.1, 0.15) is 0 Å². The molecule has 0 radical (unpaired) electrons. The summed E-state index contributed by atoms with van der Waals surface area (Å²) in [5, 5.41) is 0. The molecule has 0 spiro atoms. The Balaban J connectivity index is 2.86. The third kappa shape index (κ3) is 2.89. The predicted molar refractivity (Wildman–Crippen MR) is 55.1 cm³/mol. The molecular formula is C10H10ClF2NO. The van der Waals surface area contributed by atoms with Crippen LogP contribution in [0, 0.1) is 11.6 Å². The monoisotopic (exact) mass is 233 g/mol. The van der Waals surface area contributed by atoms with Gasteiger partial charge < -0.3 is 4.90 Å². The first-order valence-corrected chi connectivity index (χ1v) is 4.87. The number of hydrogen-bond acceptors (Lipinski definition) is 1. The van der Waals surface area contributed by atoms with E-state index in [0.29, 0.717) is 5.69 Å². The van der Waals surface area contributed by atoms with Crippen molar-refractivity contribution in [3.05, 3.63) is 29.8 Å². The van der Waals surface area contributed by atoms with E-state index < -0.39 is 11.6 Å². The third-order valence-electron chi connectivity index (χ3n) is 1.97. The Kier molecular flexibility index (Phi) is 4.03. The molecule has 0 N–H and O–H groups in total. The summed E-state index contributed by atoms with van der Waals surface area (Å²) in [5.74, 6) is -1.95. The summed E-state index contributed by atoms with van der Waals surface area (Å²) in [7, 11) is 1.49. The van der Waals surface area contributed by atoms with Gasteiger partial charge in [-0.2, -0.15) is 0 Å². The zero-order chi connectivity index (χ0) is 11.4. The van der Waals surface area contributed by atoms with E-state index in [1.807, 2.05) is 0 Å². The van der Waals surface area contributed by atoms with Crippen LogP contribution in [0.4, 0.5) is 14.5 Å². The van der Waals surface area contributed by atoms with Gasteiger partial charge in [0.15, 0.2) is 11.6 Å². The Morgan fingerprint density at radius 2 is 2.07 bits per heavy atom. The van der Waals surface area contributed by atoms with Crippen molar-refractivity contribution in [3.63, 3.8) is 0 Å². The van der Waals surface area contributed by atoms with Crippen molar-refractivity contribution in [2.75, 3.05) is 17.8 Å². The lowest BCUT2D eigenvalue weighted by atomic mass is 10.2. The Morgan fingerprint density at radius 1 is 1.40 bits per heavy atom. The van der Waals surface area contributed by atoms with Crippen molar-refractivity contribution in [1.29, 1.82) is 0 Å². The highest BCUT2D eigenvalue weighted by Crippen LogP contribution is 2.17. The molecule has 0 saturated heterocycles. The molecule has 1 aromatic carbocycles. The maximum atomic E-state index is 12.8. The molecule has 0 aliphatic rings. The van der Waals surface area contributed by atoms with E-state index in [1.165, 1.54) is 18.0 Å². The van der Waals surface area contributed by atoms with Crippen molar-refractivity contribution in [1.82, 2.24) is 0 Å². The molecule has 0 saturated carbocycles. The van der Waals surface area contributed by atoms with Gasteiger partial charge in [0, 0.05) is 31.1 Å². The summed E-state index contributed by atoms with van der Waals surface area (Å²) >= 11 is 5.40. The third-order valence-corrected chi connectivity index (χ3v) is 2.16. The molecule has 0 heterocycles. The number of anilines is 1. The number of carbonyl (C=O) groups is 1. The van der Waals surface area contributed by atoms with E-state index in [2.05, 4.69) is 0 Å². The van der Waals surface area contributed by atoms with Crippen molar-refractivity contribution in [3.8, 4) is 0 Å². The second kappa shape index (κ2) is 5.07. The van der Waals surface area contributed by atoms with Gasteiger partial charge in [-0.05, 0) is 12.1 Å². The highest BCUT2D eigenvalue weighted by Gasteiger charge is 2.12. The van der Waals surface area contributed by atoms with Crippen LogP contribution in [0.3, 0.4) is 0 Å². The summed E-state index contributed by atoms with van der Waals surface area (Å²) in [6.45, 7) is 0. The van der Waals surface area contributed by atoms with Crippen LogP contribution in [0.2, 0.25) is 0 Å². The van der Waals surface area contributed by atoms with Gasteiger partial charge in [-0.15, -0.1) is 11.6 Å². The van der Waals surface area contributed by atoms with Crippen molar-refractivity contribution in [2.45, 2.75) is 6.42 Å². The number of halogens is 3. The van der Waals surface area contributed by atoms with Gasteiger partial charge in [-0.25, -0.2) is 8.78 Å². The van der Waals surface area contributed by atoms with E-state index >= 15 is 0 Å². The van der Waals surface area contributed by atoms with Gasteiger partial charge in [-0.1, -0.05) is 0 Å². The fraction of sp³-hybridized carbons (Fsp3) is 0.300. The molecule has 1 aromatic rings. The fourth-order valence-corrected chi connectivity index (χ4v) is 1.25. The van der Waals surface area contributed by atoms with Gasteiger partial charge in [0.05, 0.1) is 0 Å². The molecule has 0 aromatic heterocycles. The van der Waals surface area contributed by atoms with Crippen molar-refractivity contribution < 1.29 is 13.6 Å². The van der Waals surface area contributed by atoms with E-state index in [4.69, 9.17) is 11.6 Å². The van der Waals surface area contributed by atoms with Gasteiger partial charge in [-0.3, -0.25) is 4.79 Å². The first-order chi connectivity index (χ1) is 7.06. The maximum Gasteiger partial charge on any atom is 0.227 e. The Labute approximate surface area is 91.4 Å². The number of benzene rings is 1. The number of rotatable bonds is 3. The molecule has 0 aliphatic carbocycles. The van der Waals surface area contributed by atoms with Gasteiger partial charge in [0.25, 0.3) is 0 Å². The van der Waals surface area contributed by atoms with Crippen LogP contribution in [0.5, 0.6) is 0 Å². The molecule has 0 unspecified atom stereocenters. The molecule has 2 nitrogen and oxygen atoms in total. The molecule has 1 amide bonds.